The fourth-order valence-electron chi connectivity index (χ4n) is 0.994. The Labute approximate surface area is 82.1 Å². The molecule has 0 bridgehead atoms. The molecule has 0 heterocycles. The molecule has 0 amide bonds. The summed E-state index contributed by atoms with van der Waals surface area (Å²) in [5.41, 5.74) is 1.02. The SMILES string of the molecule is COCc1ccc(OCC(=O)O)cc1. The molecule has 0 aliphatic rings. The zero-order valence-corrected chi connectivity index (χ0v) is 7.90. The first-order chi connectivity index (χ1) is 6.72. The minimum Gasteiger partial charge on any atom is -0.482 e. The lowest BCUT2D eigenvalue weighted by Gasteiger charge is -2.04. The van der Waals surface area contributed by atoms with Gasteiger partial charge in [0.2, 0.25) is 0 Å². The molecule has 4 heteroatoms. The van der Waals surface area contributed by atoms with E-state index < -0.39 is 5.97 Å². The van der Waals surface area contributed by atoms with Gasteiger partial charge in [-0.05, 0) is 17.7 Å². The van der Waals surface area contributed by atoms with Gasteiger partial charge >= 0.3 is 5.97 Å². The second-order valence-electron chi connectivity index (χ2n) is 2.76. The van der Waals surface area contributed by atoms with Crippen molar-refractivity contribution in [2.45, 2.75) is 6.61 Å². The normalized spacial score (nSPS) is 9.79. The first-order valence-corrected chi connectivity index (χ1v) is 4.15. The van der Waals surface area contributed by atoms with Gasteiger partial charge in [-0.15, -0.1) is 0 Å². The third kappa shape index (κ3) is 3.45. The average Bonchev–Trinajstić information content (AvgIpc) is 2.17. The highest BCUT2D eigenvalue weighted by Gasteiger charge is 1.98. The Hall–Kier alpha value is -1.55. The van der Waals surface area contributed by atoms with Crippen LogP contribution >= 0.6 is 0 Å². The van der Waals surface area contributed by atoms with Crippen LogP contribution in [0.25, 0.3) is 0 Å². The minimum atomic E-state index is -0.981. The highest BCUT2D eigenvalue weighted by molar-refractivity contribution is 5.68. The molecule has 1 aromatic carbocycles. The zero-order chi connectivity index (χ0) is 10.4. The minimum absolute atomic E-state index is 0.316. The fraction of sp³-hybridized carbons (Fsp3) is 0.300. The Bertz CT molecular complexity index is 291. The second kappa shape index (κ2) is 5.24. The predicted molar refractivity (Wildman–Crippen MR) is 50.3 cm³/mol. The van der Waals surface area contributed by atoms with E-state index in [2.05, 4.69) is 0 Å². The molecule has 0 aliphatic carbocycles. The van der Waals surface area contributed by atoms with Crippen LogP contribution in [0.5, 0.6) is 5.75 Å². The Morgan fingerprint density at radius 3 is 2.50 bits per heavy atom. The molecule has 76 valence electrons. The summed E-state index contributed by atoms with van der Waals surface area (Å²) in [5, 5.41) is 8.37. The Kier molecular flexibility index (Phi) is 3.94. The van der Waals surface area contributed by atoms with Gasteiger partial charge in [-0.3, -0.25) is 0 Å². The summed E-state index contributed by atoms with van der Waals surface area (Å²) in [4.78, 5) is 10.2. The van der Waals surface area contributed by atoms with Crippen LogP contribution in [0.3, 0.4) is 0 Å². The van der Waals surface area contributed by atoms with Gasteiger partial charge in [0, 0.05) is 7.11 Å². The Morgan fingerprint density at radius 1 is 1.36 bits per heavy atom. The van der Waals surface area contributed by atoms with E-state index in [1.807, 2.05) is 12.1 Å². The van der Waals surface area contributed by atoms with Crippen molar-refractivity contribution in [2.75, 3.05) is 13.7 Å². The lowest BCUT2D eigenvalue weighted by molar-refractivity contribution is -0.139. The molecule has 1 N–H and O–H groups in total. The summed E-state index contributed by atoms with van der Waals surface area (Å²) in [6, 6.07) is 7.11. The number of methoxy groups -OCH3 is 1. The number of carboxylic acids is 1. The zero-order valence-electron chi connectivity index (χ0n) is 7.90. The van der Waals surface area contributed by atoms with E-state index in [1.165, 1.54) is 0 Å². The van der Waals surface area contributed by atoms with Crippen molar-refractivity contribution < 1.29 is 19.4 Å². The molecule has 0 spiro atoms. The first-order valence-electron chi connectivity index (χ1n) is 4.15. The van der Waals surface area contributed by atoms with Crippen LogP contribution < -0.4 is 4.74 Å². The molecule has 0 aliphatic heterocycles. The number of hydrogen-bond acceptors (Lipinski definition) is 3. The fourth-order valence-corrected chi connectivity index (χ4v) is 0.994. The molecule has 4 nitrogen and oxygen atoms in total. The molecule has 0 saturated heterocycles. The summed E-state index contributed by atoms with van der Waals surface area (Å²) in [6.07, 6.45) is 0. The van der Waals surface area contributed by atoms with Gasteiger partial charge in [0.1, 0.15) is 5.75 Å². The van der Waals surface area contributed by atoms with Gasteiger partial charge in [0.25, 0.3) is 0 Å². The van der Waals surface area contributed by atoms with Crippen molar-refractivity contribution >= 4 is 5.97 Å². The molecule has 1 aromatic rings. The van der Waals surface area contributed by atoms with Crippen LogP contribution in [-0.2, 0) is 16.1 Å². The lowest BCUT2D eigenvalue weighted by atomic mass is 10.2. The Balaban J connectivity index is 2.50. The number of carbonyl (C=O) groups is 1. The molecule has 0 atom stereocenters. The predicted octanol–water partition coefficient (Wildman–Crippen LogP) is 1.30. The van der Waals surface area contributed by atoms with E-state index in [9.17, 15) is 4.79 Å². The van der Waals surface area contributed by atoms with Gasteiger partial charge in [0.05, 0.1) is 6.61 Å². The van der Waals surface area contributed by atoms with Crippen LogP contribution in [-0.4, -0.2) is 24.8 Å². The van der Waals surface area contributed by atoms with Crippen molar-refractivity contribution in [3.8, 4) is 5.75 Å². The van der Waals surface area contributed by atoms with E-state index in [0.717, 1.165) is 5.56 Å². The van der Waals surface area contributed by atoms with Crippen LogP contribution in [0.2, 0.25) is 0 Å². The van der Waals surface area contributed by atoms with E-state index in [4.69, 9.17) is 14.6 Å². The summed E-state index contributed by atoms with van der Waals surface area (Å²) in [7, 11) is 1.62. The van der Waals surface area contributed by atoms with E-state index in [-0.39, 0.29) is 6.61 Å². The van der Waals surface area contributed by atoms with E-state index >= 15 is 0 Å². The number of aliphatic carboxylic acids is 1. The van der Waals surface area contributed by atoms with Crippen molar-refractivity contribution in [3.63, 3.8) is 0 Å². The number of ether oxygens (including phenoxy) is 2. The van der Waals surface area contributed by atoms with Crippen molar-refractivity contribution in [1.82, 2.24) is 0 Å². The molecule has 14 heavy (non-hydrogen) atoms. The monoisotopic (exact) mass is 196 g/mol. The molecular weight excluding hydrogens is 184 g/mol. The van der Waals surface area contributed by atoms with Crippen LogP contribution in [0.4, 0.5) is 0 Å². The van der Waals surface area contributed by atoms with Gasteiger partial charge in [-0.1, -0.05) is 12.1 Å². The molecule has 0 fully saturated rings. The molecule has 0 aromatic heterocycles. The largest absolute Gasteiger partial charge is 0.482 e. The highest BCUT2D eigenvalue weighted by Crippen LogP contribution is 2.12. The van der Waals surface area contributed by atoms with Crippen LogP contribution in [0.15, 0.2) is 24.3 Å². The van der Waals surface area contributed by atoms with Crippen molar-refractivity contribution in [3.05, 3.63) is 29.8 Å². The molecule has 0 unspecified atom stereocenters. The topological polar surface area (TPSA) is 55.8 Å². The number of rotatable bonds is 5. The maximum absolute atomic E-state index is 10.2. The third-order valence-electron chi connectivity index (χ3n) is 1.60. The smallest absolute Gasteiger partial charge is 0.341 e. The number of hydrogen-bond donors (Lipinski definition) is 1. The first kappa shape index (κ1) is 10.5. The third-order valence-corrected chi connectivity index (χ3v) is 1.60. The summed E-state index contributed by atoms with van der Waals surface area (Å²) in [6.45, 7) is 0.225. The van der Waals surface area contributed by atoms with Gasteiger partial charge in [0.15, 0.2) is 6.61 Å². The lowest BCUT2D eigenvalue weighted by Crippen LogP contribution is -2.09. The highest BCUT2D eigenvalue weighted by atomic mass is 16.5. The maximum Gasteiger partial charge on any atom is 0.341 e. The summed E-state index contributed by atoms with van der Waals surface area (Å²) < 4.78 is 9.89. The van der Waals surface area contributed by atoms with Crippen molar-refractivity contribution in [2.24, 2.45) is 0 Å². The second-order valence-corrected chi connectivity index (χ2v) is 2.76. The van der Waals surface area contributed by atoms with Crippen molar-refractivity contribution in [1.29, 1.82) is 0 Å². The quantitative estimate of drug-likeness (QED) is 0.771. The summed E-state index contributed by atoms with van der Waals surface area (Å²) >= 11 is 0. The summed E-state index contributed by atoms with van der Waals surface area (Å²) in [5.74, 6) is -0.432. The number of carboxylic acid groups (broad SMARTS) is 1. The maximum atomic E-state index is 10.2. The van der Waals surface area contributed by atoms with E-state index in [1.54, 1.807) is 19.2 Å². The van der Waals surface area contributed by atoms with E-state index in [0.29, 0.717) is 12.4 Å². The van der Waals surface area contributed by atoms with Crippen LogP contribution in [0.1, 0.15) is 5.56 Å². The standard InChI is InChI=1S/C10H12O4/c1-13-6-8-2-4-9(5-3-8)14-7-10(11)12/h2-5H,6-7H2,1H3,(H,11,12). The number of benzene rings is 1. The molecule has 0 radical (unpaired) electrons. The van der Waals surface area contributed by atoms with Gasteiger partial charge in [-0.25, -0.2) is 4.79 Å². The van der Waals surface area contributed by atoms with Crippen LogP contribution in [0, 0.1) is 0 Å². The Morgan fingerprint density at radius 2 is 2.00 bits per heavy atom. The average molecular weight is 196 g/mol. The van der Waals surface area contributed by atoms with Gasteiger partial charge < -0.3 is 14.6 Å². The molecule has 1 rings (SSSR count). The molecular formula is C10H12O4. The van der Waals surface area contributed by atoms with Gasteiger partial charge in [-0.2, -0.15) is 0 Å². The molecule has 0 saturated carbocycles.